The third kappa shape index (κ3) is 3.41. The molecule has 1 amide bonds. The van der Waals surface area contributed by atoms with Crippen LogP contribution in [-0.4, -0.2) is 5.91 Å². The van der Waals surface area contributed by atoms with Crippen LogP contribution < -0.4 is 11.1 Å². The van der Waals surface area contributed by atoms with Gasteiger partial charge < -0.3 is 11.1 Å². The quantitative estimate of drug-likeness (QED) is 0.785. The van der Waals surface area contributed by atoms with Crippen LogP contribution in [0.3, 0.4) is 0 Å². The number of hydrogen-bond donors (Lipinski definition) is 2. The summed E-state index contributed by atoms with van der Waals surface area (Å²) < 4.78 is 0.652. The molecule has 0 aliphatic rings. The van der Waals surface area contributed by atoms with Crippen molar-refractivity contribution >= 4 is 38.9 Å². The Hall–Kier alpha value is -1.33. The minimum Gasteiger partial charge on any atom is -0.398 e. The maximum atomic E-state index is 12.4. The number of hydrogen-bond acceptors (Lipinski definition) is 3. The van der Waals surface area contributed by atoms with Gasteiger partial charge in [0.15, 0.2) is 0 Å². The van der Waals surface area contributed by atoms with Gasteiger partial charge in [-0.2, -0.15) is 0 Å². The van der Waals surface area contributed by atoms with Gasteiger partial charge in [-0.1, -0.05) is 25.5 Å². The molecule has 3 N–H and O–H groups in total. The molecule has 20 heavy (non-hydrogen) atoms. The van der Waals surface area contributed by atoms with Gasteiger partial charge in [0.1, 0.15) is 0 Å². The number of amides is 1. The smallest absolute Gasteiger partial charge is 0.253 e. The summed E-state index contributed by atoms with van der Waals surface area (Å²) in [6.07, 6.45) is 1.94. The summed E-state index contributed by atoms with van der Waals surface area (Å²) in [7, 11) is 0. The summed E-state index contributed by atoms with van der Waals surface area (Å²) in [4.78, 5) is 13.6. The summed E-state index contributed by atoms with van der Waals surface area (Å²) in [5.41, 5.74) is 6.96. The third-order valence-electron chi connectivity index (χ3n) is 3.04. The lowest BCUT2D eigenvalue weighted by atomic mass is 10.1. The summed E-state index contributed by atoms with van der Waals surface area (Å²) in [5, 5.41) is 5.12. The van der Waals surface area contributed by atoms with Gasteiger partial charge in [-0.3, -0.25) is 4.79 Å². The Morgan fingerprint density at radius 2 is 2.20 bits per heavy atom. The molecule has 3 nitrogen and oxygen atoms in total. The fourth-order valence-electron chi connectivity index (χ4n) is 2.02. The fraction of sp³-hybridized carbons (Fsp3) is 0.267. The highest BCUT2D eigenvalue weighted by atomic mass is 79.9. The van der Waals surface area contributed by atoms with Crippen molar-refractivity contribution in [3.63, 3.8) is 0 Å². The lowest BCUT2D eigenvalue weighted by molar-refractivity contribution is 0.0934. The largest absolute Gasteiger partial charge is 0.398 e. The minimum absolute atomic E-state index is 0.0563. The molecule has 1 atom stereocenters. The zero-order chi connectivity index (χ0) is 14.5. The Balaban J connectivity index is 2.18. The second-order valence-electron chi connectivity index (χ2n) is 4.54. The van der Waals surface area contributed by atoms with E-state index < -0.39 is 0 Å². The van der Waals surface area contributed by atoms with Gasteiger partial charge in [-0.05, 0) is 45.9 Å². The lowest BCUT2D eigenvalue weighted by Gasteiger charge is -2.17. The lowest BCUT2D eigenvalue weighted by Crippen LogP contribution is -2.28. The highest BCUT2D eigenvalue weighted by molar-refractivity contribution is 9.10. The molecular weight excluding hydrogens is 336 g/mol. The second-order valence-corrected chi connectivity index (χ2v) is 6.31. The Morgan fingerprint density at radius 3 is 2.85 bits per heavy atom. The van der Waals surface area contributed by atoms with Crippen LogP contribution in [0.25, 0.3) is 0 Å². The van der Waals surface area contributed by atoms with E-state index in [4.69, 9.17) is 5.73 Å². The number of benzene rings is 1. The van der Waals surface area contributed by atoms with Crippen molar-refractivity contribution in [1.29, 1.82) is 0 Å². The van der Waals surface area contributed by atoms with Crippen molar-refractivity contribution in [2.24, 2.45) is 0 Å². The molecule has 0 aliphatic carbocycles. The van der Waals surface area contributed by atoms with E-state index in [9.17, 15) is 4.79 Å². The van der Waals surface area contributed by atoms with Crippen LogP contribution in [0.2, 0.25) is 0 Å². The fourth-order valence-corrected chi connectivity index (χ4v) is 3.28. The van der Waals surface area contributed by atoms with Crippen LogP contribution in [0.15, 0.2) is 40.2 Å². The van der Waals surface area contributed by atoms with E-state index in [0.717, 1.165) is 12.8 Å². The van der Waals surface area contributed by atoms with E-state index in [1.54, 1.807) is 29.5 Å². The van der Waals surface area contributed by atoms with Crippen molar-refractivity contribution in [2.45, 2.75) is 25.8 Å². The van der Waals surface area contributed by atoms with E-state index >= 15 is 0 Å². The van der Waals surface area contributed by atoms with E-state index in [1.165, 1.54) is 4.88 Å². The number of halogens is 1. The molecule has 1 heterocycles. The van der Waals surface area contributed by atoms with Gasteiger partial charge in [0.05, 0.1) is 16.1 Å². The van der Waals surface area contributed by atoms with Crippen LogP contribution >= 0.6 is 27.3 Å². The number of carbonyl (C=O) groups is 1. The van der Waals surface area contributed by atoms with Crippen LogP contribution in [0.1, 0.15) is 41.0 Å². The first-order chi connectivity index (χ1) is 9.63. The Morgan fingerprint density at radius 1 is 1.40 bits per heavy atom. The molecule has 0 radical (unpaired) electrons. The number of thiophene rings is 1. The zero-order valence-electron chi connectivity index (χ0n) is 11.2. The van der Waals surface area contributed by atoms with Crippen molar-refractivity contribution in [3.8, 4) is 0 Å². The van der Waals surface area contributed by atoms with Gasteiger partial charge in [0.2, 0.25) is 0 Å². The molecule has 0 saturated carbocycles. The van der Waals surface area contributed by atoms with Crippen molar-refractivity contribution in [1.82, 2.24) is 5.32 Å². The normalized spacial score (nSPS) is 12.1. The maximum absolute atomic E-state index is 12.4. The van der Waals surface area contributed by atoms with Gasteiger partial charge in [0, 0.05) is 10.6 Å². The molecule has 1 aromatic carbocycles. The first-order valence-corrected chi connectivity index (χ1v) is 8.19. The number of nitrogens with two attached hydrogens (primary N) is 1. The summed E-state index contributed by atoms with van der Waals surface area (Å²) in [6, 6.07) is 9.44. The molecule has 0 bridgehead atoms. The van der Waals surface area contributed by atoms with Gasteiger partial charge >= 0.3 is 0 Å². The minimum atomic E-state index is -0.101. The molecule has 2 rings (SSSR count). The van der Waals surface area contributed by atoms with E-state index in [0.29, 0.717) is 15.7 Å². The summed E-state index contributed by atoms with van der Waals surface area (Å²) >= 11 is 5.04. The molecular formula is C15H17BrN2OS. The van der Waals surface area contributed by atoms with E-state index in [-0.39, 0.29) is 11.9 Å². The van der Waals surface area contributed by atoms with Crippen LogP contribution in [0.5, 0.6) is 0 Å². The highest BCUT2D eigenvalue weighted by Gasteiger charge is 2.18. The van der Waals surface area contributed by atoms with Crippen molar-refractivity contribution < 1.29 is 4.79 Å². The van der Waals surface area contributed by atoms with Crippen LogP contribution in [0.4, 0.5) is 5.69 Å². The van der Waals surface area contributed by atoms with E-state index in [1.807, 2.05) is 11.4 Å². The molecule has 5 heteroatoms. The zero-order valence-corrected chi connectivity index (χ0v) is 13.6. The predicted octanol–water partition coefficient (Wildman–Crippen LogP) is 4.36. The molecule has 0 aliphatic heterocycles. The number of anilines is 1. The SMILES string of the molecule is CCCC(NC(=O)c1cccc(N)c1Br)c1cccs1. The van der Waals surface area contributed by atoms with Gasteiger partial charge in [-0.15, -0.1) is 11.3 Å². The third-order valence-corrected chi connectivity index (χ3v) is 4.91. The Kier molecular flexibility index (Phi) is 5.20. The first kappa shape index (κ1) is 15.1. The van der Waals surface area contributed by atoms with Crippen LogP contribution in [0, 0.1) is 0 Å². The Labute approximate surface area is 131 Å². The standard InChI is InChI=1S/C15H17BrN2OS/c1-2-5-12(13-8-4-9-20-13)18-15(19)10-6-3-7-11(17)14(10)16/h3-4,6-9,12H,2,5,17H2,1H3,(H,18,19). The monoisotopic (exact) mass is 352 g/mol. The molecule has 2 aromatic rings. The topological polar surface area (TPSA) is 55.1 Å². The highest BCUT2D eigenvalue weighted by Crippen LogP contribution is 2.27. The van der Waals surface area contributed by atoms with Crippen molar-refractivity contribution in [3.05, 3.63) is 50.6 Å². The number of carbonyl (C=O) groups excluding carboxylic acids is 1. The summed E-state index contributed by atoms with van der Waals surface area (Å²) in [6.45, 7) is 2.11. The molecule has 1 unspecified atom stereocenters. The van der Waals surface area contributed by atoms with Gasteiger partial charge in [-0.25, -0.2) is 0 Å². The second kappa shape index (κ2) is 6.90. The maximum Gasteiger partial charge on any atom is 0.253 e. The molecule has 0 spiro atoms. The average Bonchev–Trinajstić information content (AvgIpc) is 2.95. The van der Waals surface area contributed by atoms with Crippen LogP contribution in [-0.2, 0) is 0 Å². The van der Waals surface area contributed by atoms with Crippen molar-refractivity contribution in [2.75, 3.05) is 5.73 Å². The molecule has 0 saturated heterocycles. The number of nitrogen functional groups attached to an aromatic ring is 1. The molecule has 0 fully saturated rings. The Bertz CT molecular complexity index is 584. The average molecular weight is 353 g/mol. The van der Waals surface area contributed by atoms with E-state index in [2.05, 4.69) is 34.2 Å². The van der Waals surface area contributed by atoms with Gasteiger partial charge in [0.25, 0.3) is 5.91 Å². The molecule has 106 valence electrons. The number of rotatable bonds is 5. The number of nitrogens with one attached hydrogen (secondary N) is 1. The molecule has 1 aromatic heterocycles. The predicted molar refractivity (Wildman–Crippen MR) is 88.0 cm³/mol. The summed E-state index contributed by atoms with van der Waals surface area (Å²) in [5.74, 6) is -0.101. The first-order valence-electron chi connectivity index (χ1n) is 6.51.